The normalized spacial score (nSPS) is 10.7. The third-order valence-electron chi connectivity index (χ3n) is 4.16. The molecule has 3 aromatic rings. The zero-order chi connectivity index (χ0) is 20.6. The van der Waals surface area contributed by atoms with Crippen molar-refractivity contribution >= 4 is 35.1 Å². The summed E-state index contributed by atoms with van der Waals surface area (Å²) in [5, 5.41) is 12.3. The van der Waals surface area contributed by atoms with Gasteiger partial charge in [0.2, 0.25) is 5.91 Å². The van der Waals surface area contributed by atoms with E-state index in [1.807, 2.05) is 41.8 Å². The van der Waals surface area contributed by atoms with Crippen LogP contribution in [0.25, 0.3) is 0 Å². The van der Waals surface area contributed by atoms with Crippen LogP contribution in [-0.2, 0) is 17.1 Å². The van der Waals surface area contributed by atoms with E-state index < -0.39 is 0 Å². The van der Waals surface area contributed by atoms with Crippen molar-refractivity contribution in [2.45, 2.75) is 36.2 Å². The summed E-state index contributed by atoms with van der Waals surface area (Å²) >= 11 is 3.10. The molecular formula is C22H24N4OS2. The minimum Gasteiger partial charge on any atom is -0.325 e. The Morgan fingerprint density at radius 2 is 1.69 bits per heavy atom. The molecule has 0 bridgehead atoms. The van der Waals surface area contributed by atoms with Gasteiger partial charge in [0.25, 0.3) is 0 Å². The van der Waals surface area contributed by atoms with Crippen LogP contribution >= 0.6 is 23.5 Å². The second-order valence-corrected chi connectivity index (χ2v) is 8.59. The number of allylic oxidation sites excluding steroid dienone is 1. The Morgan fingerprint density at radius 1 is 1.03 bits per heavy atom. The minimum absolute atomic E-state index is 0.0670. The molecule has 0 atom stereocenters. The molecule has 29 heavy (non-hydrogen) atoms. The fourth-order valence-corrected chi connectivity index (χ4v) is 4.20. The predicted octanol–water partition coefficient (Wildman–Crippen LogP) is 5.10. The van der Waals surface area contributed by atoms with Crippen molar-refractivity contribution < 1.29 is 4.79 Å². The van der Waals surface area contributed by atoms with Crippen molar-refractivity contribution in [2.75, 3.05) is 11.1 Å². The number of carbonyl (C=O) groups excluding carboxylic acids is 1. The van der Waals surface area contributed by atoms with Crippen LogP contribution in [0.4, 0.5) is 5.69 Å². The summed E-state index contributed by atoms with van der Waals surface area (Å²) in [6.45, 7) is 8.54. The molecule has 3 rings (SSSR count). The Balaban J connectivity index is 1.59. The van der Waals surface area contributed by atoms with E-state index in [1.54, 1.807) is 11.8 Å². The topological polar surface area (TPSA) is 59.8 Å². The first-order chi connectivity index (χ1) is 14.0. The summed E-state index contributed by atoms with van der Waals surface area (Å²) in [5.74, 6) is 1.79. The molecule has 2 aromatic carbocycles. The Bertz CT molecular complexity index is 965. The molecule has 5 nitrogen and oxygen atoms in total. The summed E-state index contributed by atoms with van der Waals surface area (Å²) in [6, 6.07) is 16.2. The highest BCUT2D eigenvalue weighted by atomic mass is 32.2. The summed E-state index contributed by atoms with van der Waals surface area (Å²) in [6.07, 6.45) is 1.82. The van der Waals surface area contributed by atoms with Gasteiger partial charge in [-0.15, -0.1) is 28.5 Å². The maximum Gasteiger partial charge on any atom is 0.234 e. The van der Waals surface area contributed by atoms with E-state index in [-0.39, 0.29) is 11.7 Å². The molecule has 150 valence electrons. The van der Waals surface area contributed by atoms with Crippen molar-refractivity contribution in [1.82, 2.24) is 14.8 Å². The van der Waals surface area contributed by atoms with Crippen molar-refractivity contribution in [1.29, 1.82) is 0 Å². The number of amides is 1. The Morgan fingerprint density at radius 3 is 2.34 bits per heavy atom. The van der Waals surface area contributed by atoms with Crippen LogP contribution in [0.5, 0.6) is 0 Å². The monoisotopic (exact) mass is 424 g/mol. The second-order valence-electron chi connectivity index (χ2n) is 6.60. The average molecular weight is 425 g/mol. The number of aryl methyl sites for hydroxylation is 2. The van der Waals surface area contributed by atoms with Gasteiger partial charge in [-0.1, -0.05) is 53.2 Å². The smallest absolute Gasteiger partial charge is 0.234 e. The molecule has 0 aliphatic heterocycles. The molecule has 0 radical (unpaired) electrons. The van der Waals surface area contributed by atoms with Gasteiger partial charge in [-0.25, -0.2) is 0 Å². The Kier molecular flexibility index (Phi) is 7.55. The number of hydrogen-bond acceptors (Lipinski definition) is 5. The minimum atomic E-state index is -0.0670. The number of carbonyl (C=O) groups is 1. The number of aromatic nitrogens is 3. The fraction of sp³-hybridized carbons (Fsp3) is 0.227. The van der Waals surface area contributed by atoms with E-state index in [0.717, 1.165) is 22.2 Å². The van der Waals surface area contributed by atoms with E-state index in [9.17, 15) is 4.79 Å². The van der Waals surface area contributed by atoms with Crippen molar-refractivity contribution in [2.24, 2.45) is 0 Å². The van der Waals surface area contributed by atoms with Crippen LogP contribution < -0.4 is 5.32 Å². The first-order valence-electron chi connectivity index (χ1n) is 9.27. The van der Waals surface area contributed by atoms with E-state index in [1.165, 1.54) is 22.2 Å². The lowest BCUT2D eigenvalue weighted by molar-refractivity contribution is -0.113. The first kappa shape index (κ1) is 21.2. The SMILES string of the molecule is C=CCn1c(CSc2ccc(C)cc2)nnc1SCC(=O)Nc1ccc(C)cc1. The highest BCUT2D eigenvalue weighted by molar-refractivity contribution is 7.99. The molecule has 0 fully saturated rings. The zero-order valence-electron chi connectivity index (χ0n) is 16.6. The lowest BCUT2D eigenvalue weighted by atomic mass is 10.2. The number of rotatable bonds is 9. The Labute approximate surface area is 180 Å². The number of thioether (sulfide) groups is 2. The van der Waals surface area contributed by atoms with Gasteiger partial charge in [-0.05, 0) is 38.1 Å². The van der Waals surface area contributed by atoms with Gasteiger partial charge in [-0.3, -0.25) is 4.79 Å². The molecule has 1 aromatic heterocycles. The van der Waals surface area contributed by atoms with E-state index in [0.29, 0.717) is 12.3 Å². The quantitative estimate of drug-likeness (QED) is 0.382. The van der Waals surface area contributed by atoms with Crippen LogP contribution in [0.15, 0.2) is 71.2 Å². The van der Waals surface area contributed by atoms with Gasteiger partial charge in [0.15, 0.2) is 5.16 Å². The van der Waals surface area contributed by atoms with Gasteiger partial charge >= 0.3 is 0 Å². The van der Waals surface area contributed by atoms with E-state index in [2.05, 4.69) is 53.3 Å². The van der Waals surface area contributed by atoms with Gasteiger partial charge in [-0.2, -0.15) is 0 Å². The number of benzene rings is 2. The molecule has 0 saturated carbocycles. The molecule has 7 heteroatoms. The predicted molar refractivity (Wildman–Crippen MR) is 121 cm³/mol. The van der Waals surface area contributed by atoms with Gasteiger partial charge in [0.1, 0.15) is 5.82 Å². The van der Waals surface area contributed by atoms with Crippen LogP contribution in [0, 0.1) is 13.8 Å². The zero-order valence-corrected chi connectivity index (χ0v) is 18.2. The van der Waals surface area contributed by atoms with Gasteiger partial charge in [0.05, 0.1) is 11.5 Å². The Hall–Kier alpha value is -2.51. The van der Waals surface area contributed by atoms with Crippen molar-refractivity contribution in [3.8, 4) is 0 Å². The van der Waals surface area contributed by atoms with Crippen molar-refractivity contribution in [3.63, 3.8) is 0 Å². The average Bonchev–Trinajstić information content (AvgIpc) is 3.10. The van der Waals surface area contributed by atoms with Crippen LogP contribution in [0.1, 0.15) is 17.0 Å². The van der Waals surface area contributed by atoms with Crippen LogP contribution in [0.2, 0.25) is 0 Å². The molecule has 1 amide bonds. The summed E-state index contributed by atoms with van der Waals surface area (Å²) in [7, 11) is 0. The van der Waals surface area contributed by atoms with Gasteiger partial charge < -0.3 is 9.88 Å². The van der Waals surface area contributed by atoms with Crippen molar-refractivity contribution in [3.05, 3.63) is 78.1 Å². The fourth-order valence-electron chi connectivity index (χ4n) is 2.59. The van der Waals surface area contributed by atoms with Crippen LogP contribution in [-0.4, -0.2) is 26.4 Å². The molecular weight excluding hydrogens is 400 g/mol. The third-order valence-corrected chi connectivity index (χ3v) is 6.14. The lowest BCUT2D eigenvalue weighted by Gasteiger charge is -2.08. The molecule has 0 aliphatic carbocycles. The number of anilines is 1. The summed E-state index contributed by atoms with van der Waals surface area (Å²) < 4.78 is 2.01. The molecule has 1 heterocycles. The molecule has 0 aliphatic rings. The lowest BCUT2D eigenvalue weighted by Crippen LogP contribution is -2.14. The maximum atomic E-state index is 12.3. The molecule has 0 spiro atoms. The summed E-state index contributed by atoms with van der Waals surface area (Å²) in [4.78, 5) is 13.5. The molecule has 0 saturated heterocycles. The van der Waals surface area contributed by atoms with E-state index in [4.69, 9.17) is 0 Å². The standard InChI is InChI=1S/C22H24N4OS2/c1-4-13-26-20(14-28-19-11-7-17(3)8-12-19)24-25-22(26)29-15-21(27)23-18-9-5-16(2)6-10-18/h4-12H,1,13-15H2,2-3H3,(H,23,27). The van der Waals surface area contributed by atoms with Crippen LogP contribution in [0.3, 0.4) is 0 Å². The molecule has 1 N–H and O–H groups in total. The first-order valence-corrected chi connectivity index (χ1v) is 11.2. The highest BCUT2D eigenvalue weighted by Crippen LogP contribution is 2.25. The third kappa shape index (κ3) is 6.24. The van der Waals surface area contributed by atoms with Gasteiger partial charge in [0, 0.05) is 17.1 Å². The number of hydrogen-bond donors (Lipinski definition) is 1. The maximum absolute atomic E-state index is 12.3. The number of nitrogens with one attached hydrogen (secondary N) is 1. The molecule has 0 unspecified atom stereocenters. The largest absolute Gasteiger partial charge is 0.325 e. The number of nitrogens with zero attached hydrogens (tertiary/aromatic N) is 3. The second kappa shape index (κ2) is 10.3. The highest BCUT2D eigenvalue weighted by Gasteiger charge is 2.14. The van der Waals surface area contributed by atoms with E-state index >= 15 is 0 Å². The summed E-state index contributed by atoms with van der Waals surface area (Å²) in [5.41, 5.74) is 3.20.